The number of rotatable bonds is 2. The van der Waals surface area contributed by atoms with E-state index in [2.05, 4.69) is 0 Å². The minimum Gasteiger partial charge on any atom is -0.497 e. The van der Waals surface area contributed by atoms with E-state index in [0.717, 1.165) is 11.3 Å². The Kier molecular flexibility index (Phi) is 3.33. The summed E-state index contributed by atoms with van der Waals surface area (Å²) in [4.78, 5) is 12.3. The molecule has 2 aliphatic rings. The molecule has 3 atom stereocenters. The highest BCUT2D eigenvalue weighted by atomic mass is 32.2. The molecule has 3 rings (SSSR count). The number of fused-ring (bicyclic) bond motifs is 1. The number of carbonyl (C=O) groups excluding carboxylic acids is 1. The number of methoxy groups -OCH3 is 1. The van der Waals surface area contributed by atoms with Crippen molar-refractivity contribution in [2.45, 2.75) is 36.9 Å². The topological polar surface area (TPSA) is 61.8 Å². The van der Waals surface area contributed by atoms with Crippen LogP contribution in [0.1, 0.15) is 25.8 Å². The summed E-state index contributed by atoms with van der Waals surface area (Å²) < 4.78 is 28.8. The Hall–Kier alpha value is -1.40. The van der Waals surface area contributed by atoms with E-state index in [1.165, 1.54) is 0 Å². The Morgan fingerprint density at radius 2 is 1.95 bits per heavy atom. The molecule has 0 spiro atoms. The fourth-order valence-electron chi connectivity index (χ4n) is 3.10. The van der Waals surface area contributed by atoms with Gasteiger partial charge in [-0.1, -0.05) is 12.1 Å². The summed E-state index contributed by atoms with van der Waals surface area (Å²) >= 11 is 0. The molecule has 2 aliphatic heterocycles. The normalized spacial score (nSPS) is 34.1. The molecule has 0 saturated carbocycles. The predicted molar refractivity (Wildman–Crippen MR) is 77.3 cm³/mol. The smallest absolute Gasteiger partial charge is 0.327 e. The second-order valence-electron chi connectivity index (χ2n) is 5.76. The van der Waals surface area contributed by atoms with Crippen LogP contribution < -0.4 is 4.74 Å². The predicted octanol–water partition coefficient (Wildman–Crippen LogP) is 1.72. The second-order valence-corrected chi connectivity index (χ2v) is 7.40. The quantitative estimate of drug-likeness (QED) is 0.778. The number of esters is 1. The van der Waals surface area contributed by atoms with Crippen LogP contribution in [0, 0.1) is 0 Å². The van der Waals surface area contributed by atoms with Gasteiger partial charge in [0.15, 0.2) is 5.25 Å². The maximum Gasteiger partial charge on any atom is 0.327 e. The summed E-state index contributed by atoms with van der Waals surface area (Å²) in [5.41, 5.74) is -0.0421. The lowest BCUT2D eigenvalue weighted by Crippen LogP contribution is -2.56. The molecule has 0 aliphatic carbocycles. The minimum atomic E-state index is -1.28. The molecule has 21 heavy (non-hydrogen) atoms. The first-order valence-electron chi connectivity index (χ1n) is 6.83. The Labute approximate surface area is 126 Å². The third-order valence-electron chi connectivity index (χ3n) is 3.93. The van der Waals surface area contributed by atoms with Crippen molar-refractivity contribution in [3.63, 3.8) is 0 Å². The van der Waals surface area contributed by atoms with E-state index in [0.29, 0.717) is 12.2 Å². The first kappa shape index (κ1) is 14.5. The van der Waals surface area contributed by atoms with Gasteiger partial charge < -0.3 is 14.2 Å². The lowest BCUT2D eigenvalue weighted by Gasteiger charge is -2.45. The Balaban J connectivity index is 2.09. The van der Waals surface area contributed by atoms with Crippen LogP contribution >= 0.6 is 0 Å². The van der Waals surface area contributed by atoms with E-state index in [1.54, 1.807) is 21.0 Å². The van der Waals surface area contributed by atoms with Crippen LogP contribution in [0.25, 0.3) is 0 Å². The summed E-state index contributed by atoms with van der Waals surface area (Å²) in [6, 6.07) is 7.36. The van der Waals surface area contributed by atoms with Gasteiger partial charge in [-0.15, -0.1) is 0 Å². The molecule has 6 heteroatoms. The molecule has 0 bridgehead atoms. The molecule has 5 nitrogen and oxygen atoms in total. The number of hydrogen-bond donors (Lipinski definition) is 0. The molecule has 0 N–H and O–H groups in total. The Morgan fingerprint density at radius 3 is 2.57 bits per heavy atom. The molecule has 2 saturated heterocycles. The van der Waals surface area contributed by atoms with Crippen molar-refractivity contribution in [2.24, 2.45) is 0 Å². The van der Waals surface area contributed by atoms with Crippen LogP contribution in [0.5, 0.6) is 5.75 Å². The Bertz CT molecular complexity index is 595. The van der Waals surface area contributed by atoms with Gasteiger partial charge in [-0.2, -0.15) is 0 Å². The van der Waals surface area contributed by atoms with Crippen LogP contribution in [-0.2, 0) is 30.7 Å². The van der Waals surface area contributed by atoms with Crippen molar-refractivity contribution < 1.29 is 23.2 Å². The van der Waals surface area contributed by atoms with E-state index < -0.39 is 33.4 Å². The van der Waals surface area contributed by atoms with Gasteiger partial charge in [-0.05, 0) is 24.1 Å². The van der Waals surface area contributed by atoms with Gasteiger partial charge in [-0.25, -0.2) is 0 Å². The van der Waals surface area contributed by atoms with Crippen LogP contribution in [0.2, 0.25) is 0 Å². The van der Waals surface area contributed by atoms with Crippen molar-refractivity contribution in [1.29, 1.82) is 0 Å². The monoisotopic (exact) mass is 310 g/mol. The lowest BCUT2D eigenvalue weighted by atomic mass is 9.86. The highest BCUT2D eigenvalue weighted by Crippen LogP contribution is 2.48. The van der Waals surface area contributed by atoms with Gasteiger partial charge in [0.25, 0.3) is 0 Å². The third-order valence-corrected chi connectivity index (χ3v) is 5.63. The van der Waals surface area contributed by atoms with Gasteiger partial charge in [0.2, 0.25) is 5.79 Å². The molecular formula is C15H18O5S. The molecule has 2 heterocycles. The van der Waals surface area contributed by atoms with E-state index >= 15 is 0 Å². The molecule has 1 unspecified atom stereocenters. The zero-order valence-electron chi connectivity index (χ0n) is 12.3. The maximum absolute atomic E-state index is 12.3. The van der Waals surface area contributed by atoms with Crippen molar-refractivity contribution in [2.75, 3.05) is 12.9 Å². The third kappa shape index (κ3) is 2.26. The van der Waals surface area contributed by atoms with Crippen LogP contribution in [0.3, 0.4) is 0 Å². The summed E-state index contributed by atoms with van der Waals surface area (Å²) in [5, 5.41) is -0.765. The standard InChI is InChI=1S/C15H18O5S/c1-14(2)19-13(16)12-15(20-14,8-9-21(12)17)10-4-6-11(18-3)7-5-10/h4-7,12H,8-9H2,1-3H3/t12-,15+,21?/m0/s1. The van der Waals surface area contributed by atoms with Gasteiger partial charge in [0, 0.05) is 30.4 Å². The zero-order chi connectivity index (χ0) is 15.3. The number of ether oxygens (including phenoxy) is 3. The minimum absolute atomic E-state index is 0.432. The van der Waals surface area contributed by atoms with Crippen LogP contribution in [0.4, 0.5) is 0 Å². The molecule has 0 radical (unpaired) electrons. The average Bonchev–Trinajstić information content (AvgIpc) is 2.76. The highest BCUT2D eigenvalue weighted by molar-refractivity contribution is 7.86. The van der Waals surface area contributed by atoms with Gasteiger partial charge in [0.05, 0.1) is 7.11 Å². The van der Waals surface area contributed by atoms with Gasteiger partial charge >= 0.3 is 5.97 Å². The first-order valence-corrected chi connectivity index (χ1v) is 8.21. The molecule has 1 aromatic rings. The maximum atomic E-state index is 12.3. The average molecular weight is 310 g/mol. The van der Waals surface area contributed by atoms with Crippen molar-refractivity contribution in [3.05, 3.63) is 29.8 Å². The van der Waals surface area contributed by atoms with E-state index in [1.807, 2.05) is 24.3 Å². The fourth-order valence-corrected chi connectivity index (χ4v) is 4.83. The van der Waals surface area contributed by atoms with Crippen molar-refractivity contribution in [1.82, 2.24) is 0 Å². The fraction of sp³-hybridized carbons (Fsp3) is 0.533. The van der Waals surface area contributed by atoms with Gasteiger partial charge in [-0.3, -0.25) is 9.00 Å². The SMILES string of the molecule is COc1ccc([C@]23CCS(=O)[C@H]2C(=O)OC(C)(C)O3)cc1. The molecule has 114 valence electrons. The molecule has 0 aromatic heterocycles. The molecule has 1 aromatic carbocycles. The number of carbonyl (C=O) groups is 1. The summed E-state index contributed by atoms with van der Waals surface area (Å²) in [5.74, 6) is -0.314. The number of benzene rings is 1. The van der Waals surface area contributed by atoms with Crippen LogP contribution in [0.15, 0.2) is 24.3 Å². The summed E-state index contributed by atoms with van der Waals surface area (Å²) in [6.07, 6.45) is 0.537. The van der Waals surface area contributed by atoms with Crippen molar-refractivity contribution in [3.8, 4) is 5.75 Å². The Morgan fingerprint density at radius 1 is 1.29 bits per heavy atom. The van der Waals surface area contributed by atoms with E-state index in [9.17, 15) is 9.00 Å². The number of cyclic esters (lactones) is 1. The summed E-state index contributed by atoms with van der Waals surface area (Å²) in [7, 11) is 0.315. The largest absolute Gasteiger partial charge is 0.497 e. The highest BCUT2D eigenvalue weighted by Gasteiger charge is 2.61. The van der Waals surface area contributed by atoms with Crippen LogP contribution in [-0.4, -0.2) is 34.1 Å². The van der Waals surface area contributed by atoms with Crippen molar-refractivity contribution >= 4 is 16.8 Å². The van der Waals surface area contributed by atoms with Gasteiger partial charge in [0.1, 0.15) is 11.4 Å². The molecule has 2 fully saturated rings. The first-order chi connectivity index (χ1) is 9.88. The molecule has 0 amide bonds. The second kappa shape index (κ2) is 4.81. The number of hydrogen-bond acceptors (Lipinski definition) is 5. The molecular weight excluding hydrogens is 292 g/mol. The van der Waals surface area contributed by atoms with E-state index in [-0.39, 0.29) is 0 Å². The van der Waals surface area contributed by atoms with E-state index in [4.69, 9.17) is 14.2 Å². The summed E-state index contributed by atoms with van der Waals surface area (Å²) in [6.45, 7) is 3.40. The lowest BCUT2D eigenvalue weighted by molar-refractivity contribution is -0.289. The zero-order valence-corrected chi connectivity index (χ0v) is 13.1.